The molecule has 0 unspecified atom stereocenters. The second-order valence-electron chi connectivity index (χ2n) is 4.23. The molecule has 0 atom stereocenters. The van der Waals surface area contributed by atoms with E-state index in [0.29, 0.717) is 21.6 Å². The normalized spacial score (nSPS) is 15.0. The molecule has 0 radical (unpaired) electrons. The molecule has 0 aliphatic heterocycles. The number of nitrogens with zero attached hydrogens (tertiary/aromatic N) is 1. The summed E-state index contributed by atoms with van der Waals surface area (Å²) >= 11 is 3.31. The second-order valence-corrected chi connectivity index (χ2v) is 5.08. The highest BCUT2D eigenvalue weighted by atomic mass is 79.9. The molecule has 0 bridgehead atoms. The van der Waals surface area contributed by atoms with E-state index in [9.17, 15) is 9.18 Å². The van der Waals surface area contributed by atoms with Crippen LogP contribution in [0.3, 0.4) is 0 Å². The number of halogens is 2. The van der Waals surface area contributed by atoms with Gasteiger partial charge in [0, 0.05) is 17.6 Å². The van der Waals surface area contributed by atoms with Crippen molar-refractivity contribution in [1.82, 2.24) is 4.90 Å². The molecule has 1 saturated carbocycles. The van der Waals surface area contributed by atoms with E-state index >= 15 is 0 Å². The molecule has 2 rings (SSSR count). The lowest BCUT2D eigenvalue weighted by Gasteiger charge is -2.17. The minimum Gasteiger partial charge on any atom is -0.339 e. The maximum absolute atomic E-state index is 13.4. The van der Waals surface area contributed by atoms with E-state index in [1.54, 1.807) is 24.9 Å². The summed E-state index contributed by atoms with van der Waals surface area (Å²) in [5, 5.41) is 0. The number of aryl methyl sites for hydroxylation is 1. The number of benzene rings is 1. The van der Waals surface area contributed by atoms with E-state index in [-0.39, 0.29) is 11.7 Å². The molecule has 0 aromatic heterocycles. The molecule has 0 heterocycles. The van der Waals surface area contributed by atoms with Crippen LogP contribution in [-0.2, 0) is 0 Å². The lowest BCUT2D eigenvalue weighted by Crippen LogP contribution is -2.29. The maximum atomic E-state index is 13.4. The van der Waals surface area contributed by atoms with Crippen molar-refractivity contribution in [2.24, 2.45) is 0 Å². The van der Waals surface area contributed by atoms with E-state index in [4.69, 9.17) is 0 Å². The van der Waals surface area contributed by atoms with Gasteiger partial charge in [-0.25, -0.2) is 4.39 Å². The summed E-state index contributed by atoms with van der Waals surface area (Å²) < 4.78 is 14.1. The van der Waals surface area contributed by atoms with Gasteiger partial charge in [0.05, 0.1) is 5.56 Å². The molecule has 2 nitrogen and oxygen atoms in total. The van der Waals surface area contributed by atoms with Gasteiger partial charge in [0.2, 0.25) is 0 Å². The molecule has 1 aliphatic rings. The maximum Gasteiger partial charge on any atom is 0.255 e. The minimum absolute atomic E-state index is 0.117. The third-order valence-electron chi connectivity index (χ3n) is 2.89. The fraction of sp³-hybridized carbons (Fsp3) is 0.417. The van der Waals surface area contributed by atoms with Crippen LogP contribution in [-0.4, -0.2) is 23.9 Å². The SMILES string of the molecule is Cc1cc(Br)c(C(=O)N(C)C2CC2)cc1F. The van der Waals surface area contributed by atoms with Crippen LogP contribution < -0.4 is 0 Å². The van der Waals surface area contributed by atoms with Gasteiger partial charge in [0.1, 0.15) is 5.82 Å². The first-order chi connectivity index (χ1) is 7.50. The molecule has 0 saturated heterocycles. The molecular formula is C12H13BrFNO. The zero-order chi connectivity index (χ0) is 11.9. The summed E-state index contributed by atoms with van der Waals surface area (Å²) in [6.45, 7) is 1.68. The Labute approximate surface area is 103 Å². The standard InChI is InChI=1S/C12H13BrFNO/c1-7-5-10(13)9(6-11(7)14)12(16)15(2)8-3-4-8/h5-6,8H,3-4H2,1-2H3. The Bertz CT molecular complexity index is 443. The van der Waals surface area contributed by atoms with Crippen LogP contribution in [0.4, 0.5) is 4.39 Å². The second kappa shape index (κ2) is 4.17. The number of amides is 1. The topological polar surface area (TPSA) is 20.3 Å². The van der Waals surface area contributed by atoms with Crippen LogP contribution in [0.2, 0.25) is 0 Å². The largest absolute Gasteiger partial charge is 0.339 e. The van der Waals surface area contributed by atoms with Crippen LogP contribution in [0.5, 0.6) is 0 Å². The number of hydrogen-bond acceptors (Lipinski definition) is 1. The van der Waals surface area contributed by atoms with Crippen molar-refractivity contribution < 1.29 is 9.18 Å². The Morgan fingerprint density at radius 3 is 2.69 bits per heavy atom. The van der Waals surface area contributed by atoms with Gasteiger partial charge in [-0.1, -0.05) is 0 Å². The van der Waals surface area contributed by atoms with Gasteiger partial charge in [-0.05, 0) is 53.4 Å². The van der Waals surface area contributed by atoms with Crippen LogP contribution in [0, 0.1) is 12.7 Å². The fourth-order valence-corrected chi connectivity index (χ4v) is 2.26. The summed E-state index contributed by atoms with van der Waals surface area (Å²) in [6, 6.07) is 3.29. The van der Waals surface area contributed by atoms with Crippen molar-refractivity contribution >= 4 is 21.8 Å². The molecule has 1 amide bonds. The first kappa shape index (κ1) is 11.6. The van der Waals surface area contributed by atoms with Crippen molar-refractivity contribution in [2.45, 2.75) is 25.8 Å². The average molecular weight is 286 g/mol. The van der Waals surface area contributed by atoms with Gasteiger partial charge in [-0.15, -0.1) is 0 Å². The Morgan fingerprint density at radius 2 is 2.12 bits per heavy atom. The third-order valence-corrected chi connectivity index (χ3v) is 3.55. The quantitative estimate of drug-likeness (QED) is 0.818. The van der Waals surface area contributed by atoms with Gasteiger partial charge >= 0.3 is 0 Å². The van der Waals surface area contributed by atoms with E-state index in [1.165, 1.54) is 6.07 Å². The van der Waals surface area contributed by atoms with Crippen molar-refractivity contribution in [2.75, 3.05) is 7.05 Å². The summed E-state index contributed by atoms with van der Waals surface area (Å²) in [4.78, 5) is 13.7. The van der Waals surface area contributed by atoms with E-state index < -0.39 is 0 Å². The number of carbonyl (C=O) groups excluding carboxylic acids is 1. The van der Waals surface area contributed by atoms with Crippen molar-refractivity contribution in [3.05, 3.63) is 33.5 Å². The lowest BCUT2D eigenvalue weighted by atomic mass is 10.1. The molecule has 86 valence electrons. The summed E-state index contributed by atoms with van der Waals surface area (Å²) in [5.41, 5.74) is 0.940. The fourth-order valence-electron chi connectivity index (χ4n) is 1.63. The Kier molecular flexibility index (Phi) is 3.02. The lowest BCUT2D eigenvalue weighted by molar-refractivity contribution is 0.0783. The van der Waals surface area contributed by atoms with Crippen LogP contribution in [0.15, 0.2) is 16.6 Å². The first-order valence-corrected chi connectivity index (χ1v) is 6.03. The molecule has 0 N–H and O–H groups in total. The highest BCUT2D eigenvalue weighted by Gasteiger charge is 2.31. The van der Waals surface area contributed by atoms with Gasteiger partial charge in [-0.2, -0.15) is 0 Å². The molecule has 4 heteroatoms. The number of hydrogen-bond donors (Lipinski definition) is 0. The summed E-state index contributed by atoms with van der Waals surface area (Å²) in [7, 11) is 1.77. The Hall–Kier alpha value is -0.900. The van der Waals surface area contributed by atoms with Gasteiger partial charge in [0.15, 0.2) is 0 Å². The molecule has 1 aromatic rings. The molecule has 0 spiro atoms. The Morgan fingerprint density at radius 1 is 1.50 bits per heavy atom. The van der Waals surface area contributed by atoms with Crippen molar-refractivity contribution in [3.63, 3.8) is 0 Å². The summed E-state index contributed by atoms with van der Waals surface area (Å²) in [6.07, 6.45) is 2.10. The van der Waals surface area contributed by atoms with Crippen LogP contribution in [0.25, 0.3) is 0 Å². The van der Waals surface area contributed by atoms with Crippen molar-refractivity contribution in [1.29, 1.82) is 0 Å². The molecule has 1 aliphatic carbocycles. The zero-order valence-electron chi connectivity index (χ0n) is 9.26. The predicted molar refractivity (Wildman–Crippen MR) is 64.0 cm³/mol. The minimum atomic E-state index is -0.337. The Balaban J connectivity index is 2.32. The average Bonchev–Trinajstić information content (AvgIpc) is 3.05. The van der Waals surface area contributed by atoms with Gasteiger partial charge in [0.25, 0.3) is 5.91 Å². The predicted octanol–water partition coefficient (Wildman–Crippen LogP) is 3.13. The number of rotatable bonds is 2. The zero-order valence-corrected chi connectivity index (χ0v) is 10.8. The smallest absolute Gasteiger partial charge is 0.255 e. The first-order valence-electron chi connectivity index (χ1n) is 5.23. The van der Waals surface area contributed by atoms with E-state index in [1.807, 2.05) is 0 Å². The molecule has 1 aromatic carbocycles. The van der Waals surface area contributed by atoms with Crippen LogP contribution in [0.1, 0.15) is 28.8 Å². The highest BCUT2D eigenvalue weighted by molar-refractivity contribution is 9.10. The third kappa shape index (κ3) is 2.12. The molecule has 1 fully saturated rings. The van der Waals surface area contributed by atoms with Gasteiger partial charge < -0.3 is 4.90 Å². The van der Waals surface area contributed by atoms with E-state index in [0.717, 1.165) is 12.8 Å². The molecule has 16 heavy (non-hydrogen) atoms. The molecular weight excluding hydrogens is 273 g/mol. The summed E-state index contributed by atoms with van der Waals surface area (Å²) in [5.74, 6) is -0.455. The van der Waals surface area contributed by atoms with E-state index in [2.05, 4.69) is 15.9 Å². The number of carbonyl (C=O) groups is 1. The monoisotopic (exact) mass is 285 g/mol. The van der Waals surface area contributed by atoms with Crippen LogP contribution >= 0.6 is 15.9 Å². The van der Waals surface area contributed by atoms with Gasteiger partial charge in [-0.3, -0.25) is 4.79 Å². The van der Waals surface area contributed by atoms with Crippen molar-refractivity contribution in [3.8, 4) is 0 Å². The highest BCUT2D eigenvalue weighted by Crippen LogP contribution is 2.29.